The van der Waals surface area contributed by atoms with Crippen LogP contribution in [0.5, 0.6) is 0 Å². The molecule has 102 valence electrons. The zero-order valence-corrected chi connectivity index (χ0v) is 11.2. The molecule has 0 amide bonds. The Bertz CT molecular complexity index is 407. The summed E-state index contributed by atoms with van der Waals surface area (Å²) in [4.78, 5) is 8.80. The second-order valence-corrected chi connectivity index (χ2v) is 4.65. The minimum atomic E-state index is -4.52. The zero-order valence-electron chi connectivity index (χ0n) is 10.4. The van der Waals surface area contributed by atoms with E-state index in [-0.39, 0.29) is 11.1 Å². The third-order valence-electron chi connectivity index (χ3n) is 2.27. The second kappa shape index (κ2) is 5.73. The minimum absolute atomic E-state index is 0.207. The first-order valence-corrected chi connectivity index (χ1v) is 5.98. The van der Waals surface area contributed by atoms with Crippen LogP contribution in [0.2, 0.25) is 5.28 Å². The molecule has 3 nitrogen and oxygen atoms in total. The van der Waals surface area contributed by atoms with Gasteiger partial charge < -0.3 is 4.90 Å². The Morgan fingerprint density at radius 2 is 1.94 bits per heavy atom. The molecule has 0 bridgehead atoms. The lowest BCUT2D eigenvalue weighted by atomic mass is 10.2. The molecule has 18 heavy (non-hydrogen) atoms. The quantitative estimate of drug-likeness (QED) is 0.789. The van der Waals surface area contributed by atoms with Crippen LogP contribution < -0.4 is 4.90 Å². The molecule has 0 atom stereocenters. The van der Waals surface area contributed by atoms with Crippen LogP contribution in [0.4, 0.5) is 19.0 Å². The van der Waals surface area contributed by atoms with Crippen LogP contribution in [0, 0.1) is 5.92 Å². The van der Waals surface area contributed by atoms with Crippen molar-refractivity contribution in [3.63, 3.8) is 0 Å². The number of anilines is 1. The van der Waals surface area contributed by atoms with Gasteiger partial charge >= 0.3 is 6.18 Å². The normalized spacial score (nSPS) is 12.0. The Hall–Kier alpha value is -1.04. The molecule has 0 aliphatic carbocycles. The molecule has 0 saturated carbocycles. The van der Waals surface area contributed by atoms with Gasteiger partial charge in [0.25, 0.3) is 0 Å². The van der Waals surface area contributed by atoms with E-state index in [1.54, 1.807) is 4.90 Å². The number of nitrogens with zero attached hydrogens (tertiary/aromatic N) is 3. The predicted molar refractivity (Wildman–Crippen MR) is 64.8 cm³/mol. The predicted octanol–water partition coefficient (Wildman–Crippen LogP) is 3.63. The summed E-state index contributed by atoms with van der Waals surface area (Å²) in [6, 6.07) is 0.928. The van der Waals surface area contributed by atoms with Crippen LogP contribution in [0.15, 0.2) is 6.07 Å². The van der Waals surface area contributed by atoms with Crippen LogP contribution in [-0.2, 0) is 6.18 Å². The fraction of sp³-hybridized carbons (Fsp3) is 0.636. The van der Waals surface area contributed by atoms with Crippen molar-refractivity contribution >= 4 is 17.4 Å². The third-order valence-corrected chi connectivity index (χ3v) is 2.44. The highest BCUT2D eigenvalue weighted by molar-refractivity contribution is 6.28. The Balaban J connectivity index is 3.11. The standard InChI is InChI=1S/C11H15ClF3N3/c1-4-18(6-7(2)3)9-5-8(11(13,14)15)16-10(12)17-9/h5,7H,4,6H2,1-3H3. The highest BCUT2D eigenvalue weighted by atomic mass is 35.5. The first kappa shape index (κ1) is 15.0. The molecule has 1 heterocycles. The Morgan fingerprint density at radius 3 is 2.39 bits per heavy atom. The summed E-state index contributed by atoms with van der Waals surface area (Å²) >= 11 is 5.54. The average molecular weight is 282 g/mol. The lowest BCUT2D eigenvalue weighted by Crippen LogP contribution is -2.28. The van der Waals surface area contributed by atoms with Crippen molar-refractivity contribution in [3.05, 3.63) is 17.0 Å². The van der Waals surface area contributed by atoms with E-state index in [0.717, 1.165) is 6.07 Å². The monoisotopic (exact) mass is 281 g/mol. The topological polar surface area (TPSA) is 29.0 Å². The van der Waals surface area contributed by atoms with E-state index in [4.69, 9.17) is 11.6 Å². The highest BCUT2D eigenvalue weighted by Crippen LogP contribution is 2.30. The number of rotatable bonds is 4. The van der Waals surface area contributed by atoms with Crippen molar-refractivity contribution in [1.29, 1.82) is 0 Å². The number of hydrogen-bond acceptors (Lipinski definition) is 3. The molecule has 0 spiro atoms. The summed E-state index contributed by atoms with van der Waals surface area (Å²) in [5.74, 6) is 0.520. The van der Waals surface area contributed by atoms with Crippen molar-refractivity contribution in [1.82, 2.24) is 9.97 Å². The Labute approximate surface area is 109 Å². The number of halogens is 4. The molecule has 7 heteroatoms. The first-order valence-electron chi connectivity index (χ1n) is 5.60. The number of hydrogen-bond donors (Lipinski definition) is 0. The van der Waals surface area contributed by atoms with Crippen molar-refractivity contribution in [2.45, 2.75) is 26.9 Å². The van der Waals surface area contributed by atoms with Crippen LogP contribution in [0.25, 0.3) is 0 Å². The number of alkyl halides is 3. The molecule has 0 aliphatic rings. The second-order valence-electron chi connectivity index (χ2n) is 4.31. The Kier molecular flexibility index (Phi) is 4.78. The van der Waals surface area contributed by atoms with E-state index >= 15 is 0 Å². The van der Waals surface area contributed by atoms with Crippen LogP contribution in [0.3, 0.4) is 0 Å². The fourth-order valence-electron chi connectivity index (χ4n) is 1.54. The lowest BCUT2D eigenvalue weighted by Gasteiger charge is -2.24. The molecule has 0 fully saturated rings. The van der Waals surface area contributed by atoms with Gasteiger partial charge in [-0.15, -0.1) is 0 Å². The van der Waals surface area contributed by atoms with Crippen LogP contribution in [-0.4, -0.2) is 23.1 Å². The van der Waals surface area contributed by atoms with E-state index in [1.807, 2.05) is 20.8 Å². The molecule has 1 rings (SSSR count). The molecule has 1 aromatic heterocycles. The minimum Gasteiger partial charge on any atom is -0.356 e. The van der Waals surface area contributed by atoms with Crippen LogP contribution >= 0.6 is 11.6 Å². The van der Waals surface area contributed by atoms with E-state index in [1.165, 1.54) is 0 Å². The molecular weight excluding hydrogens is 267 g/mol. The van der Waals surface area contributed by atoms with E-state index in [2.05, 4.69) is 9.97 Å². The van der Waals surface area contributed by atoms with Gasteiger partial charge in [-0.25, -0.2) is 9.97 Å². The van der Waals surface area contributed by atoms with Gasteiger partial charge in [-0.05, 0) is 24.4 Å². The van der Waals surface area contributed by atoms with Gasteiger partial charge in [0.05, 0.1) is 0 Å². The van der Waals surface area contributed by atoms with Crippen LogP contribution in [0.1, 0.15) is 26.5 Å². The SMILES string of the molecule is CCN(CC(C)C)c1cc(C(F)(F)F)nc(Cl)n1. The van der Waals surface area contributed by atoms with Gasteiger partial charge in [-0.1, -0.05) is 13.8 Å². The molecule has 0 N–H and O–H groups in total. The van der Waals surface area contributed by atoms with Gasteiger partial charge in [0.2, 0.25) is 5.28 Å². The van der Waals surface area contributed by atoms with Gasteiger partial charge in [0, 0.05) is 19.2 Å². The summed E-state index contributed by atoms with van der Waals surface area (Å²) in [6.07, 6.45) is -4.52. The van der Waals surface area contributed by atoms with E-state index < -0.39 is 11.9 Å². The lowest BCUT2D eigenvalue weighted by molar-refractivity contribution is -0.141. The zero-order chi connectivity index (χ0) is 13.9. The summed E-state index contributed by atoms with van der Waals surface area (Å²) < 4.78 is 37.8. The maximum atomic E-state index is 12.6. The van der Waals surface area contributed by atoms with Gasteiger partial charge in [0.15, 0.2) is 5.69 Å². The average Bonchev–Trinajstić information content (AvgIpc) is 2.23. The fourth-order valence-corrected chi connectivity index (χ4v) is 1.72. The van der Waals surface area contributed by atoms with Gasteiger partial charge in [-0.2, -0.15) is 13.2 Å². The molecule has 0 radical (unpaired) electrons. The van der Waals surface area contributed by atoms with Crippen molar-refractivity contribution in [3.8, 4) is 0 Å². The van der Waals surface area contributed by atoms with E-state index in [9.17, 15) is 13.2 Å². The maximum Gasteiger partial charge on any atom is 0.433 e. The molecule has 0 aliphatic heterocycles. The smallest absolute Gasteiger partial charge is 0.356 e. The first-order chi connectivity index (χ1) is 8.24. The van der Waals surface area contributed by atoms with Crippen molar-refractivity contribution in [2.75, 3.05) is 18.0 Å². The summed E-state index contributed by atoms with van der Waals surface area (Å²) in [7, 11) is 0. The van der Waals surface area contributed by atoms with E-state index in [0.29, 0.717) is 19.0 Å². The summed E-state index contributed by atoms with van der Waals surface area (Å²) in [6.45, 7) is 6.99. The molecule has 0 aromatic carbocycles. The molecule has 1 aromatic rings. The van der Waals surface area contributed by atoms with Gasteiger partial charge in [-0.3, -0.25) is 0 Å². The molecule has 0 saturated heterocycles. The maximum absolute atomic E-state index is 12.6. The summed E-state index contributed by atoms with van der Waals surface area (Å²) in [5.41, 5.74) is -1.01. The molecular formula is C11H15ClF3N3. The van der Waals surface area contributed by atoms with Gasteiger partial charge in [0.1, 0.15) is 5.82 Å². The largest absolute Gasteiger partial charge is 0.433 e. The summed E-state index contributed by atoms with van der Waals surface area (Å²) in [5, 5.41) is -0.387. The van der Waals surface area contributed by atoms with Crippen molar-refractivity contribution in [2.24, 2.45) is 5.92 Å². The Morgan fingerprint density at radius 1 is 1.33 bits per heavy atom. The van der Waals surface area contributed by atoms with Crippen molar-refractivity contribution < 1.29 is 13.2 Å². The molecule has 0 unspecified atom stereocenters. The number of aromatic nitrogens is 2. The third kappa shape index (κ3) is 4.01. The highest BCUT2D eigenvalue weighted by Gasteiger charge is 2.34.